The van der Waals surface area contributed by atoms with Crippen LogP contribution >= 0.6 is 11.6 Å². The molecule has 122 valence electrons. The van der Waals surface area contributed by atoms with Crippen molar-refractivity contribution < 1.29 is 14.6 Å². The smallest absolute Gasteiger partial charge is 0.270 e. The standard InChI is InChI=1S/C14H15ClN4O4/c15-9-12(20)16-18-13(17-23-14(18)6-1-2-7-14)10-4-3-5-11(8-10)19(21)22/h3-5,8H,1-2,6-7,9H2,(H,16,20). The van der Waals surface area contributed by atoms with E-state index in [1.807, 2.05) is 0 Å². The lowest BCUT2D eigenvalue weighted by Gasteiger charge is -2.33. The Morgan fingerprint density at radius 3 is 2.87 bits per heavy atom. The number of rotatable bonds is 4. The zero-order valence-electron chi connectivity index (χ0n) is 12.2. The number of hydrogen-bond donors (Lipinski definition) is 1. The average Bonchev–Trinajstić information content (AvgIpc) is 3.16. The van der Waals surface area contributed by atoms with Crippen LogP contribution < -0.4 is 5.43 Å². The van der Waals surface area contributed by atoms with Gasteiger partial charge < -0.3 is 4.84 Å². The summed E-state index contributed by atoms with van der Waals surface area (Å²) in [5.41, 5.74) is 2.40. The maximum atomic E-state index is 11.8. The maximum Gasteiger partial charge on any atom is 0.270 e. The first-order chi connectivity index (χ1) is 11.1. The van der Waals surface area contributed by atoms with Gasteiger partial charge in [0, 0.05) is 30.5 Å². The number of non-ortho nitro benzene ring substituents is 1. The Balaban J connectivity index is 1.95. The molecule has 23 heavy (non-hydrogen) atoms. The van der Waals surface area contributed by atoms with Gasteiger partial charge in [-0.2, -0.15) is 0 Å². The number of nitro benzene ring substituents is 1. The minimum atomic E-state index is -0.734. The molecule has 0 unspecified atom stereocenters. The van der Waals surface area contributed by atoms with Crippen LogP contribution in [-0.4, -0.2) is 33.3 Å². The Kier molecular flexibility index (Phi) is 4.08. The molecule has 0 aromatic heterocycles. The van der Waals surface area contributed by atoms with Crippen molar-refractivity contribution in [3.63, 3.8) is 0 Å². The van der Waals surface area contributed by atoms with E-state index in [-0.39, 0.29) is 17.5 Å². The summed E-state index contributed by atoms with van der Waals surface area (Å²) in [4.78, 5) is 27.8. The van der Waals surface area contributed by atoms with Gasteiger partial charge in [0.05, 0.1) is 4.92 Å². The zero-order valence-corrected chi connectivity index (χ0v) is 13.0. The second-order valence-corrected chi connectivity index (χ2v) is 5.74. The van der Waals surface area contributed by atoms with Crippen LogP contribution in [0.5, 0.6) is 0 Å². The molecule has 0 radical (unpaired) electrons. The first kappa shape index (κ1) is 15.5. The van der Waals surface area contributed by atoms with Crippen molar-refractivity contribution in [2.24, 2.45) is 5.16 Å². The number of amidine groups is 1. The molecule has 1 fully saturated rings. The molecule has 1 heterocycles. The van der Waals surface area contributed by atoms with Crippen molar-refractivity contribution in [3.05, 3.63) is 39.9 Å². The van der Waals surface area contributed by atoms with E-state index >= 15 is 0 Å². The molecule has 1 saturated carbocycles. The van der Waals surface area contributed by atoms with Crippen molar-refractivity contribution in [3.8, 4) is 0 Å². The first-order valence-electron chi connectivity index (χ1n) is 7.22. The highest BCUT2D eigenvalue weighted by molar-refractivity contribution is 6.27. The quantitative estimate of drug-likeness (QED) is 0.515. The van der Waals surface area contributed by atoms with Gasteiger partial charge in [-0.15, -0.1) is 11.6 Å². The van der Waals surface area contributed by atoms with Crippen LogP contribution in [0.3, 0.4) is 0 Å². The lowest BCUT2D eigenvalue weighted by Crippen LogP contribution is -2.56. The molecule has 2 aliphatic rings. The van der Waals surface area contributed by atoms with Crippen LogP contribution in [0.15, 0.2) is 29.4 Å². The summed E-state index contributed by atoms with van der Waals surface area (Å²) in [7, 11) is 0. The summed E-state index contributed by atoms with van der Waals surface area (Å²) in [5.74, 6) is -0.245. The normalized spacial score (nSPS) is 18.7. The zero-order chi connectivity index (χ0) is 16.4. The molecule has 8 nitrogen and oxygen atoms in total. The van der Waals surface area contributed by atoms with Crippen molar-refractivity contribution >= 4 is 29.0 Å². The summed E-state index contributed by atoms with van der Waals surface area (Å²) in [5, 5.41) is 16.6. The van der Waals surface area contributed by atoms with Crippen molar-refractivity contribution in [1.29, 1.82) is 0 Å². The average molecular weight is 339 g/mol. The summed E-state index contributed by atoms with van der Waals surface area (Å²) in [6.45, 7) is 0. The highest BCUT2D eigenvalue weighted by Crippen LogP contribution is 2.40. The van der Waals surface area contributed by atoms with Crippen molar-refractivity contribution in [1.82, 2.24) is 10.4 Å². The Morgan fingerprint density at radius 1 is 1.48 bits per heavy atom. The Morgan fingerprint density at radius 2 is 2.22 bits per heavy atom. The van der Waals surface area contributed by atoms with E-state index in [0.717, 1.165) is 12.8 Å². The molecule has 1 aliphatic heterocycles. The molecule has 1 aliphatic carbocycles. The minimum absolute atomic E-state index is 0.0545. The fourth-order valence-electron chi connectivity index (χ4n) is 2.89. The number of halogens is 1. The number of oxime groups is 1. The molecule has 3 rings (SSSR count). The van der Waals surface area contributed by atoms with E-state index in [2.05, 4.69) is 10.6 Å². The van der Waals surface area contributed by atoms with Crippen molar-refractivity contribution in [2.75, 3.05) is 5.88 Å². The summed E-state index contributed by atoms with van der Waals surface area (Å²) < 4.78 is 0. The molecule has 1 amide bonds. The fourth-order valence-corrected chi connectivity index (χ4v) is 2.95. The number of nitrogens with zero attached hydrogens (tertiary/aromatic N) is 3. The van der Waals surface area contributed by atoms with Gasteiger partial charge >= 0.3 is 0 Å². The molecular weight excluding hydrogens is 324 g/mol. The molecule has 1 aromatic carbocycles. The van der Waals surface area contributed by atoms with E-state index in [4.69, 9.17) is 16.4 Å². The molecule has 0 saturated heterocycles. The number of nitrogens with one attached hydrogen (secondary N) is 1. The number of hydrazine groups is 1. The third-order valence-electron chi connectivity index (χ3n) is 3.98. The SMILES string of the molecule is O=C(CCl)NN1C(c2cccc([N+](=O)[O-])c2)=NOC12CCCC2. The molecule has 0 atom stereocenters. The van der Waals surface area contributed by atoms with Crippen LogP contribution in [0, 0.1) is 10.1 Å². The molecule has 1 spiro atoms. The molecule has 1 aromatic rings. The lowest BCUT2D eigenvalue weighted by atomic mass is 10.1. The monoisotopic (exact) mass is 338 g/mol. The van der Waals surface area contributed by atoms with Crippen LogP contribution in [0.25, 0.3) is 0 Å². The molecule has 9 heteroatoms. The lowest BCUT2D eigenvalue weighted by molar-refractivity contribution is -0.384. The van der Waals surface area contributed by atoms with E-state index in [1.165, 1.54) is 12.1 Å². The van der Waals surface area contributed by atoms with Crippen LogP contribution in [0.4, 0.5) is 5.69 Å². The third kappa shape index (κ3) is 2.81. The van der Waals surface area contributed by atoms with Gasteiger partial charge in [-0.3, -0.25) is 20.3 Å². The topological polar surface area (TPSA) is 97.1 Å². The van der Waals surface area contributed by atoms with Gasteiger partial charge in [0.1, 0.15) is 5.88 Å². The van der Waals surface area contributed by atoms with E-state index in [9.17, 15) is 14.9 Å². The number of amides is 1. The van der Waals surface area contributed by atoms with Crippen LogP contribution in [-0.2, 0) is 9.63 Å². The largest absolute Gasteiger partial charge is 0.363 e. The Labute approximate surface area is 137 Å². The number of carbonyl (C=O) groups excluding carboxylic acids is 1. The predicted octanol–water partition coefficient (Wildman–Crippen LogP) is 2.13. The van der Waals surface area contributed by atoms with E-state index in [0.29, 0.717) is 24.2 Å². The number of benzene rings is 1. The number of nitro groups is 1. The van der Waals surface area contributed by atoms with Gasteiger partial charge in [-0.25, -0.2) is 5.01 Å². The summed E-state index contributed by atoms with van der Waals surface area (Å²) in [6, 6.07) is 6.04. The molecule has 1 N–H and O–H groups in total. The fraction of sp³-hybridized carbons (Fsp3) is 0.429. The van der Waals surface area contributed by atoms with Gasteiger partial charge in [0.25, 0.3) is 11.6 Å². The molecular formula is C14H15ClN4O4. The Bertz CT molecular complexity index is 672. The summed E-state index contributed by atoms with van der Waals surface area (Å²) >= 11 is 5.58. The van der Waals surface area contributed by atoms with Crippen molar-refractivity contribution in [2.45, 2.75) is 31.4 Å². The van der Waals surface area contributed by atoms with Gasteiger partial charge in [-0.1, -0.05) is 17.3 Å². The van der Waals surface area contributed by atoms with Crippen LogP contribution in [0.2, 0.25) is 0 Å². The Hall–Kier alpha value is -2.35. The molecule has 0 bridgehead atoms. The van der Waals surface area contributed by atoms with E-state index in [1.54, 1.807) is 17.1 Å². The second kappa shape index (κ2) is 6.04. The van der Waals surface area contributed by atoms with E-state index < -0.39 is 10.6 Å². The number of carbonyl (C=O) groups is 1. The second-order valence-electron chi connectivity index (χ2n) is 5.47. The number of hydrogen-bond acceptors (Lipinski definition) is 6. The van der Waals surface area contributed by atoms with Gasteiger partial charge in [0.2, 0.25) is 5.72 Å². The number of alkyl halides is 1. The minimum Gasteiger partial charge on any atom is -0.363 e. The third-order valence-corrected chi connectivity index (χ3v) is 4.22. The van der Waals surface area contributed by atoms with Gasteiger partial charge in [-0.05, 0) is 12.8 Å². The van der Waals surface area contributed by atoms with Crippen LogP contribution in [0.1, 0.15) is 31.2 Å². The van der Waals surface area contributed by atoms with Gasteiger partial charge in [0.15, 0.2) is 5.84 Å². The highest BCUT2D eigenvalue weighted by Gasteiger charge is 2.49. The predicted molar refractivity (Wildman–Crippen MR) is 82.6 cm³/mol. The highest BCUT2D eigenvalue weighted by atomic mass is 35.5. The first-order valence-corrected chi connectivity index (χ1v) is 7.76. The maximum absolute atomic E-state index is 11.8. The summed E-state index contributed by atoms with van der Waals surface area (Å²) in [6.07, 6.45) is 3.31.